The van der Waals surface area contributed by atoms with Gasteiger partial charge < -0.3 is 10.0 Å². The van der Waals surface area contributed by atoms with E-state index in [1.54, 1.807) is 13.0 Å². The predicted octanol–water partition coefficient (Wildman–Crippen LogP) is 4.45. The maximum atomic E-state index is 13.1. The average Bonchev–Trinajstić information content (AvgIpc) is 2.69. The van der Waals surface area contributed by atoms with Crippen LogP contribution in [0.2, 0.25) is 0 Å². The third kappa shape index (κ3) is 4.35. The number of carboxylic acid groups (broad SMARTS) is 1. The fraction of sp³-hybridized carbons (Fsp3) is 0.364. The number of benzene rings is 2. The Morgan fingerprint density at radius 2 is 1.63 bits per heavy atom. The normalized spacial score (nSPS) is 17.3. The van der Waals surface area contributed by atoms with Crippen molar-refractivity contribution in [2.24, 2.45) is 0 Å². The number of hydrogen-bond donors (Lipinski definition) is 1. The van der Waals surface area contributed by atoms with E-state index < -0.39 is 11.2 Å². The largest absolute Gasteiger partial charge is 0.480 e. The van der Waals surface area contributed by atoms with Crippen LogP contribution in [0.1, 0.15) is 42.6 Å². The minimum atomic E-state index is -0.876. The first-order chi connectivity index (χ1) is 12.9. The van der Waals surface area contributed by atoms with Crippen LogP contribution < -0.4 is 0 Å². The van der Waals surface area contributed by atoms with Gasteiger partial charge in [0.25, 0.3) is 5.91 Å². The molecule has 0 bridgehead atoms. The van der Waals surface area contributed by atoms with Crippen molar-refractivity contribution in [2.75, 3.05) is 13.1 Å². The molecule has 3 rings (SSSR count). The molecule has 1 aliphatic heterocycles. The van der Waals surface area contributed by atoms with Crippen molar-refractivity contribution in [3.05, 3.63) is 65.7 Å². The zero-order valence-electron chi connectivity index (χ0n) is 15.7. The van der Waals surface area contributed by atoms with Gasteiger partial charge in [0, 0.05) is 18.0 Å². The van der Waals surface area contributed by atoms with E-state index in [0.717, 1.165) is 17.7 Å². The van der Waals surface area contributed by atoms with Crippen molar-refractivity contribution in [1.29, 1.82) is 0 Å². The molecular weight excluding hydrogens is 358 g/mol. The molecule has 1 unspecified atom stereocenters. The van der Waals surface area contributed by atoms with Crippen molar-refractivity contribution in [3.8, 4) is 0 Å². The number of carboxylic acids is 1. The number of carbonyl (C=O) groups excluding carboxylic acids is 1. The highest BCUT2D eigenvalue weighted by atomic mass is 32.2. The molecule has 1 fully saturated rings. The van der Waals surface area contributed by atoms with Crippen LogP contribution in [0, 0.1) is 0 Å². The summed E-state index contributed by atoms with van der Waals surface area (Å²) in [6.45, 7) is 5.32. The zero-order chi connectivity index (χ0) is 19.4. The number of likely N-dealkylation sites (tertiary alicyclic amines) is 1. The predicted molar refractivity (Wildman–Crippen MR) is 108 cm³/mol. The summed E-state index contributed by atoms with van der Waals surface area (Å²) in [5.74, 6) is -0.885. The minimum Gasteiger partial charge on any atom is -0.480 e. The topological polar surface area (TPSA) is 57.6 Å². The minimum absolute atomic E-state index is 0.00852. The van der Waals surface area contributed by atoms with Crippen molar-refractivity contribution in [1.82, 2.24) is 4.90 Å². The summed E-state index contributed by atoms with van der Waals surface area (Å²) in [6.07, 6.45) is 1.84. The summed E-state index contributed by atoms with van der Waals surface area (Å²) in [4.78, 5) is 26.9. The van der Waals surface area contributed by atoms with E-state index >= 15 is 0 Å². The number of aliphatic carboxylic acids is 1. The highest BCUT2D eigenvalue weighted by molar-refractivity contribution is 8.00. The number of nitrogens with zero attached hydrogens (tertiary/aromatic N) is 1. The molecular formula is C22H25NO3S. The maximum absolute atomic E-state index is 13.1. The molecule has 0 aliphatic carbocycles. The number of hydrogen-bond acceptors (Lipinski definition) is 3. The molecule has 0 saturated carbocycles. The second kappa shape index (κ2) is 8.17. The van der Waals surface area contributed by atoms with Crippen LogP contribution in [0.15, 0.2) is 59.5 Å². The van der Waals surface area contributed by atoms with Crippen molar-refractivity contribution in [2.45, 2.75) is 42.2 Å². The van der Waals surface area contributed by atoms with E-state index in [2.05, 4.69) is 31.2 Å². The van der Waals surface area contributed by atoms with Crippen LogP contribution in [0.4, 0.5) is 0 Å². The number of piperidine rings is 1. The number of thioether (sulfide) groups is 1. The second-order valence-electron chi connectivity index (χ2n) is 7.31. The summed E-state index contributed by atoms with van der Waals surface area (Å²) in [5.41, 5.74) is 2.01. The zero-order valence-corrected chi connectivity index (χ0v) is 16.5. The van der Waals surface area contributed by atoms with Crippen LogP contribution in [-0.2, 0) is 10.2 Å². The molecule has 2 aromatic carbocycles. The molecule has 1 N–H and O–H groups in total. The lowest BCUT2D eigenvalue weighted by molar-refractivity contribution is -0.136. The first-order valence-electron chi connectivity index (χ1n) is 9.24. The van der Waals surface area contributed by atoms with Crippen molar-refractivity contribution >= 4 is 23.6 Å². The van der Waals surface area contributed by atoms with Gasteiger partial charge in [-0.1, -0.05) is 49.4 Å². The molecule has 1 saturated heterocycles. The van der Waals surface area contributed by atoms with E-state index in [9.17, 15) is 14.7 Å². The van der Waals surface area contributed by atoms with Crippen molar-refractivity contribution in [3.63, 3.8) is 0 Å². The molecule has 0 radical (unpaired) electrons. The number of amides is 1. The molecule has 0 aromatic heterocycles. The van der Waals surface area contributed by atoms with Gasteiger partial charge in [-0.2, -0.15) is 0 Å². The highest BCUT2D eigenvalue weighted by Gasteiger charge is 2.34. The Balaban J connectivity index is 1.72. The lowest BCUT2D eigenvalue weighted by Crippen LogP contribution is -2.44. The fourth-order valence-electron chi connectivity index (χ4n) is 3.49. The van der Waals surface area contributed by atoms with Gasteiger partial charge in [-0.3, -0.25) is 9.59 Å². The molecule has 0 spiro atoms. The standard InChI is InChI=1S/C22H25NO3S/c1-16(21(25)26)27-19-11-7-6-10-18(19)20(24)23-14-12-22(2,13-15-23)17-8-4-3-5-9-17/h3-11,16H,12-15H2,1-2H3,(H,25,26). The first kappa shape index (κ1) is 19.5. The van der Waals surface area contributed by atoms with Gasteiger partial charge in [0.05, 0.1) is 5.56 Å². The smallest absolute Gasteiger partial charge is 0.316 e. The van der Waals surface area contributed by atoms with Crippen LogP contribution >= 0.6 is 11.8 Å². The molecule has 5 heteroatoms. The quantitative estimate of drug-likeness (QED) is 0.775. The summed E-state index contributed by atoms with van der Waals surface area (Å²) in [6, 6.07) is 17.8. The van der Waals surface area contributed by atoms with E-state index in [-0.39, 0.29) is 11.3 Å². The second-order valence-corrected chi connectivity index (χ2v) is 8.70. The molecule has 2 aromatic rings. The third-order valence-corrected chi connectivity index (χ3v) is 6.56. The summed E-state index contributed by atoms with van der Waals surface area (Å²) in [5, 5.41) is 8.58. The first-order valence-corrected chi connectivity index (χ1v) is 10.1. The monoisotopic (exact) mass is 383 g/mol. The number of rotatable bonds is 5. The molecule has 1 atom stereocenters. The van der Waals surface area contributed by atoms with E-state index in [1.165, 1.54) is 17.3 Å². The van der Waals surface area contributed by atoms with Gasteiger partial charge >= 0.3 is 5.97 Å². The van der Waals surface area contributed by atoms with Crippen LogP contribution in [0.5, 0.6) is 0 Å². The Kier molecular flexibility index (Phi) is 5.90. The average molecular weight is 384 g/mol. The van der Waals surface area contributed by atoms with Crippen LogP contribution in [0.25, 0.3) is 0 Å². The van der Waals surface area contributed by atoms with E-state index in [1.807, 2.05) is 29.2 Å². The van der Waals surface area contributed by atoms with Crippen molar-refractivity contribution < 1.29 is 14.7 Å². The van der Waals surface area contributed by atoms with Gasteiger partial charge in [-0.25, -0.2) is 0 Å². The lowest BCUT2D eigenvalue weighted by Gasteiger charge is -2.40. The molecule has 1 amide bonds. The molecule has 4 nitrogen and oxygen atoms in total. The Hall–Kier alpha value is -2.27. The Labute approximate surface area is 164 Å². The Bertz CT molecular complexity index is 813. The van der Waals surface area contributed by atoms with E-state index in [0.29, 0.717) is 18.7 Å². The Morgan fingerprint density at radius 1 is 1.04 bits per heavy atom. The van der Waals surface area contributed by atoms with Gasteiger partial charge in [0.1, 0.15) is 5.25 Å². The molecule has 1 heterocycles. The van der Waals surface area contributed by atoms with Gasteiger partial charge in [0.2, 0.25) is 0 Å². The summed E-state index contributed by atoms with van der Waals surface area (Å²) in [7, 11) is 0. The summed E-state index contributed by atoms with van der Waals surface area (Å²) >= 11 is 1.22. The highest BCUT2D eigenvalue weighted by Crippen LogP contribution is 2.36. The van der Waals surface area contributed by atoms with Crippen LogP contribution in [0.3, 0.4) is 0 Å². The Morgan fingerprint density at radius 3 is 2.26 bits per heavy atom. The fourth-order valence-corrected chi connectivity index (χ4v) is 4.41. The molecule has 27 heavy (non-hydrogen) atoms. The SMILES string of the molecule is CC(Sc1ccccc1C(=O)N1CCC(C)(c2ccccc2)CC1)C(=O)O. The van der Waals surface area contributed by atoms with Gasteiger partial charge in [-0.15, -0.1) is 11.8 Å². The third-order valence-electron chi connectivity index (χ3n) is 5.39. The lowest BCUT2D eigenvalue weighted by atomic mass is 9.74. The van der Waals surface area contributed by atoms with E-state index in [4.69, 9.17) is 0 Å². The molecule has 1 aliphatic rings. The molecule has 142 valence electrons. The number of carbonyl (C=O) groups is 2. The summed E-state index contributed by atoms with van der Waals surface area (Å²) < 4.78 is 0. The maximum Gasteiger partial charge on any atom is 0.316 e. The van der Waals surface area contributed by atoms with Gasteiger partial charge in [-0.05, 0) is 42.9 Å². The van der Waals surface area contributed by atoms with Gasteiger partial charge in [0.15, 0.2) is 0 Å². The van der Waals surface area contributed by atoms with Crippen LogP contribution in [-0.4, -0.2) is 40.2 Å².